The van der Waals surface area contributed by atoms with Gasteiger partial charge in [0.05, 0.1) is 5.71 Å². The maximum Gasteiger partial charge on any atom is 0.0884 e. The molecule has 3 N–H and O–H groups in total. The molecule has 0 heterocycles. The first-order valence-electron chi connectivity index (χ1n) is 10.1. The molecule has 1 aliphatic rings. The van der Waals surface area contributed by atoms with Gasteiger partial charge < -0.3 is 10.4 Å². The Bertz CT molecular complexity index is 873. The van der Waals surface area contributed by atoms with Crippen LogP contribution in [-0.2, 0) is 5.41 Å². The molecular weight excluding hydrogens is 416 g/mol. The summed E-state index contributed by atoms with van der Waals surface area (Å²) in [5.41, 5.74) is 9.00. The molecule has 0 amide bonds. The van der Waals surface area contributed by atoms with Crippen LogP contribution in [0.4, 0.5) is 0 Å². The van der Waals surface area contributed by atoms with Crippen molar-refractivity contribution < 1.29 is 10.4 Å². The lowest BCUT2D eigenvalue weighted by Gasteiger charge is -2.32. The summed E-state index contributed by atoms with van der Waals surface area (Å²) in [6, 6.07) is 12.8. The monoisotopic (exact) mass is 444 g/mol. The van der Waals surface area contributed by atoms with E-state index in [2.05, 4.69) is 70.7 Å². The summed E-state index contributed by atoms with van der Waals surface area (Å²) in [5.74, 6) is 0. The van der Waals surface area contributed by atoms with Gasteiger partial charge in [-0.05, 0) is 65.8 Å². The van der Waals surface area contributed by atoms with Gasteiger partial charge in [0.2, 0.25) is 0 Å². The van der Waals surface area contributed by atoms with Crippen LogP contribution in [0.5, 0.6) is 0 Å². The van der Waals surface area contributed by atoms with Crippen LogP contribution >= 0.6 is 15.9 Å². The molecule has 1 atom stereocenters. The lowest BCUT2D eigenvalue weighted by atomic mass is 9.71. The van der Waals surface area contributed by atoms with Gasteiger partial charge in [-0.1, -0.05) is 66.0 Å². The van der Waals surface area contributed by atoms with Crippen LogP contribution in [0.1, 0.15) is 69.6 Å². The van der Waals surface area contributed by atoms with Crippen molar-refractivity contribution in [3.8, 4) is 11.1 Å². The smallest absolute Gasteiger partial charge is 0.0884 e. The van der Waals surface area contributed by atoms with E-state index in [1.807, 2.05) is 13.0 Å². The molecule has 0 radical (unpaired) electrons. The highest BCUT2D eigenvalue weighted by Crippen LogP contribution is 2.54. The quantitative estimate of drug-likeness (QED) is 0.256. The van der Waals surface area contributed by atoms with Crippen LogP contribution in [0.15, 0.2) is 46.0 Å². The van der Waals surface area contributed by atoms with Crippen molar-refractivity contribution >= 4 is 21.6 Å². The number of hydroxylamine groups is 1. The standard InChI is InChI=1S/C23H29BrN2O2/c1-4-10-23(11-5-2)20-13-16(22(26-28)12-15(3)25-27)6-8-18(20)19-9-7-17(24)14-21(19)23/h6-9,13-15,25,27-28H,4-5,10-12H2,1-3H3/b26-22+. The number of fused-ring (bicyclic) bond motifs is 3. The fraction of sp³-hybridized carbons (Fsp3) is 0.435. The summed E-state index contributed by atoms with van der Waals surface area (Å²) >= 11 is 3.66. The topological polar surface area (TPSA) is 64.8 Å². The van der Waals surface area contributed by atoms with Crippen molar-refractivity contribution in [2.75, 3.05) is 0 Å². The maximum absolute atomic E-state index is 9.59. The minimum absolute atomic E-state index is 0.0185. The summed E-state index contributed by atoms with van der Waals surface area (Å²) in [4.78, 5) is 0. The number of oxime groups is 1. The average molecular weight is 445 g/mol. The summed E-state index contributed by atoms with van der Waals surface area (Å²) < 4.78 is 1.11. The van der Waals surface area contributed by atoms with Crippen LogP contribution in [0, 0.1) is 0 Å². The molecule has 2 aromatic carbocycles. The molecule has 2 aromatic rings. The second-order valence-electron chi connectivity index (χ2n) is 7.81. The zero-order valence-electron chi connectivity index (χ0n) is 16.8. The lowest BCUT2D eigenvalue weighted by molar-refractivity contribution is 0.135. The summed E-state index contributed by atoms with van der Waals surface area (Å²) in [5, 5.41) is 22.3. The van der Waals surface area contributed by atoms with E-state index < -0.39 is 0 Å². The number of rotatable bonds is 8. The third-order valence-electron chi connectivity index (χ3n) is 5.85. The van der Waals surface area contributed by atoms with Crippen LogP contribution in [0.3, 0.4) is 0 Å². The fourth-order valence-corrected chi connectivity index (χ4v) is 5.08. The van der Waals surface area contributed by atoms with E-state index >= 15 is 0 Å². The zero-order chi connectivity index (χ0) is 20.3. The van der Waals surface area contributed by atoms with Crippen molar-refractivity contribution in [1.82, 2.24) is 5.48 Å². The highest BCUT2D eigenvalue weighted by molar-refractivity contribution is 9.10. The highest BCUT2D eigenvalue weighted by atomic mass is 79.9. The number of hydrogen-bond donors (Lipinski definition) is 3. The molecule has 0 spiro atoms. The van der Waals surface area contributed by atoms with Crippen molar-refractivity contribution in [3.05, 3.63) is 57.6 Å². The number of nitrogens with zero attached hydrogens (tertiary/aromatic N) is 1. The first kappa shape index (κ1) is 21.0. The second-order valence-corrected chi connectivity index (χ2v) is 8.73. The highest BCUT2D eigenvalue weighted by Gasteiger charge is 2.42. The Balaban J connectivity index is 2.18. The maximum atomic E-state index is 9.59. The first-order chi connectivity index (χ1) is 13.5. The van der Waals surface area contributed by atoms with Crippen molar-refractivity contribution in [1.29, 1.82) is 0 Å². The predicted octanol–water partition coefficient (Wildman–Crippen LogP) is 6.25. The van der Waals surface area contributed by atoms with Gasteiger partial charge in [-0.25, -0.2) is 5.48 Å². The third-order valence-corrected chi connectivity index (χ3v) is 6.34. The largest absolute Gasteiger partial charge is 0.411 e. The molecule has 28 heavy (non-hydrogen) atoms. The van der Waals surface area contributed by atoms with E-state index in [-0.39, 0.29) is 11.5 Å². The fourth-order valence-electron chi connectivity index (χ4n) is 4.72. The molecule has 3 rings (SSSR count). The Morgan fingerprint density at radius 3 is 2.25 bits per heavy atom. The molecule has 1 unspecified atom stereocenters. The van der Waals surface area contributed by atoms with Gasteiger partial charge in [0.1, 0.15) is 0 Å². The van der Waals surface area contributed by atoms with Gasteiger partial charge in [-0.15, -0.1) is 0 Å². The van der Waals surface area contributed by atoms with Gasteiger partial charge in [-0.2, -0.15) is 0 Å². The SMILES string of the molecule is CCCC1(CCC)c2cc(Br)ccc2-c2ccc(/C(CC(C)NO)=N/O)cc21. The number of benzene rings is 2. The first-order valence-corrected chi connectivity index (χ1v) is 10.9. The predicted molar refractivity (Wildman–Crippen MR) is 117 cm³/mol. The van der Waals surface area contributed by atoms with Gasteiger partial charge in [0, 0.05) is 22.4 Å². The second kappa shape index (κ2) is 8.76. The number of nitrogens with one attached hydrogen (secondary N) is 1. The van der Waals surface area contributed by atoms with Crippen LogP contribution in [0.25, 0.3) is 11.1 Å². The zero-order valence-corrected chi connectivity index (χ0v) is 18.4. The summed E-state index contributed by atoms with van der Waals surface area (Å²) in [7, 11) is 0. The minimum atomic E-state index is -0.191. The number of halogens is 1. The van der Waals surface area contributed by atoms with Crippen molar-refractivity contribution in [3.63, 3.8) is 0 Å². The van der Waals surface area contributed by atoms with Gasteiger partial charge in [-0.3, -0.25) is 0 Å². The normalized spacial score (nSPS) is 16.0. The molecule has 1 aliphatic carbocycles. The van der Waals surface area contributed by atoms with Crippen LogP contribution < -0.4 is 5.48 Å². The molecule has 0 aliphatic heterocycles. The molecule has 0 aromatic heterocycles. The van der Waals surface area contributed by atoms with Gasteiger partial charge in [0.15, 0.2) is 0 Å². The number of hydrogen-bond acceptors (Lipinski definition) is 4. The molecule has 4 nitrogen and oxygen atoms in total. The molecule has 0 bridgehead atoms. The molecular formula is C23H29BrN2O2. The molecule has 5 heteroatoms. The van der Waals surface area contributed by atoms with E-state index in [0.717, 1.165) is 35.7 Å². The average Bonchev–Trinajstić information content (AvgIpc) is 2.95. The Morgan fingerprint density at radius 1 is 1.07 bits per heavy atom. The van der Waals surface area contributed by atoms with E-state index in [0.29, 0.717) is 12.1 Å². The van der Waals surface area contributed by atoms with E-state index in [1.54, 1.807) is 0 Å². The Morgan fingerprint density at radius 2 is 1.68 bits per heavy atom. The molecule has 150 valence electrons. The Labute approximate surface area is 175 Å². The Hall–Kier alpha value is -1.69. The molecule has 0 fully saturated rings. The summed E-state index contributed by atoms with van der Waals surface area (Å²) in [6.07, 6.45) is 4.81. The van der Waals surface area contributed by atoms with Crippen molar-refractivity contribution in [2.24, 2.45) is 5.16 Å². The Kier molecular flexibility index (Phi) is 6.58. The summed E-state index contributed by atoms with van der Waals surface area (Å²) in [6.45, 7) is 6.34. The van der Waals surface area contributed by atoms with Crippen LogP contribution in [-0.4, -0.2) is 22.2 Å². The van der Waals surface area contributed by atoms with E-state index in [1.165, 1.54) is 22.3 Å². The van der Waals surface area contributed by atoms with E-state index in [9.17, 15) is 5.21 Å². The third kappa shape index (κ3) is 3.63. The van der Waals surface area contributed by atoms with Crippen LogP contribution in [0.2, 0.25) is 0 Å². The molecule has 0 saturated heterocycles. The van der Waals surface area contributed by atoms with E-state index in [4.69, 9.17) is 5.21 Å². The minimum Gasteiger partial charge on any atom is -0.411 e. The lowest BCUT2D eigenvalue weighted by Crippen LogP contribution is -2.27. The molecule has 0 saturated carbocycles. The van der Waals surface area contributed by atoms with Gasteiger partial charge in [0.25, 0.3) is 0 Å². The van der Waals surface area contributed by atoms with Crippen molar-refractivity contribution in [2.45, 2.75) is 64.3 Å². The van der Waals surface area contributed by atoms with Gasteiger partial charge >= 0.3 is 0 Å².